The van der Waals surface area contributed by atoms with E-state index in [9.17, 15) is 9.59 Å². The smallest absolute Gasteiger partial charge is 0.303 e. The Morgan fingerprint density at radius 3 is 2.78 bits per heavy atom. The third kappa shape index (κ3) is 4.19. The number of pyridine rings is 1. The molecule has 0 spiro atoms. The number of aromatic nitrogens is 1. The monoisotopic (exact) mass is 248 g/mol. The summed E-state index contributed by atoms with van der Waals surface area (Å²) in [6, 6.07) is 3.94. The fourth-order valence-electron chi connectivity index (χ4n) is 1.18. The van der Waals surface area contributed by atoms with Gasteiger partial charge in [-0.3, -0.25) is 9.59 Å². The summed E-state index contributed by atoms with van der Waals surface area (Å²) in [7, 11) is 0. The normalized spacial score (nSPS) is 11.3. The van der Waals surface area contributed by atoms with Crippen LogP contribution in [0.15, 0.2) is 18.3 Å². The number of hydrogen-bond acceptors (Lipinski definition) is 5. The van der Waals surface area contributed by atoms with E-state index in [-0.39, 0.29) is 18.5 Å². The molecule has 0 bridgehead atoms. The minimum absolute atomic E-state index is 0.0604. The highest BCUT2D eigenvalue weighted by molar-refractivity contribution is 5.94. The molecule has 7 nitrogen and oxygen atoms in total. The molecular formula is C11H12N4O3. The minimum Gasteiger partial charge on any atom is -0.481 e. The Morgan fingerprint density at radius 2 is 2.28 bits per heavy atom. The fourth-order valence-corrected chi connectivity index (χ4v) is 1.18. The van der Waals surface area contributed by atoms with Gasteiger partial charge in [-0.25, -0.2) is 4.98 Å². The van der Waals surface area contributed by atoms with E-state index < -0.39 is 17.9 Å². The third-order valence-corrected chi connectivity index (χ3v) is 2.15. The van der Waals surface area contributed by atoms with Crippen molar-refractivity contribution in [3.63, 3.8) is 0 Å². The van der Waals surface area contributed by atoms with Crippen molar-refractivity contribution >= 4 is 17.6 Å². The van der Waals surface area contributed by atoms with Crippen molar-refractivity contribution in [2.45, 2.75) is 18.9 Å². The predicted molar refractivity (Wildman–Crippen MR) is 62.4 cm³/mol. The van der Waals surface area contributed by atoms with Gasteiger partial charge < -0.3 is 16.2 Å². The number of nitrogens with two attached hydrogens (primary N) is 1. The van der Waals surface area contributed by atoms with E-state index in [1.807, 2.05) is 6.07 Å². The lowest BCUT2D eigenvalue weighted by Crippen LogP contribution is -2.36. The highest BCUT2D eigenvalue weighted by atomic mass is 16.4. The van der Waals surface area contributed by atoms with Gasteiger partial charge in [0.2, 0.25) is 5.91 Å². The molecule has 18 heavy (non-hydrogen) atoms. The Morgan fingerprint density at radius 1 is 1.56 bits per heavy atom. The van der Waals surface area contributed by atoms with Gasteiger partial charge in [0.05, 0.1) is 17.9 Å². The molecule has 0 unspecified atom stereocenters. The van der Waals surface area contributed by atoms with E-state index >= 15 is 0 Å². The molecule has 0 radical (unpaired) electrons. The summed E-state index contributed by atoms with van der Waals surface area (Å²) in [5.41, 5.74) is 6.17. The quantitative estimate of drug-likeness (QED) is 0.676. The number of nitrogens with zero attached hydrogens (tertiary/aromatic N) is 2. The minimum atomic E-state index is -1.00. The number of aliphatic carboxylic acids is 1. The van der Waals surface area contributed by atoms with Crippen molar-refractivity contribution in [3.8, 4) is 6.07 Å². The molecule has 1 aromatic rings. The lowest BCUT2D eigenvalue weighted by molar-refractivity contribution is -0.137. The number of carbonyl (C=O) groups excluding carboxylic acids is 1. The Labute approximate surface area is 103 Å². The van der Waals surface area contributed by atoms with Gasteiger partial charge in [0.15, 0.2) is 0 Å². The van der Waals surface area contributed by atoms with Gasteiger partial charge in [0, 0.05) is 6.42 Å². The first kappa shape index (κ1) is 13.6. The zero-order valence-corrected chi connectivity index (χ0v) is 9.46. The van der Waals surface area contributed by atoms with Gasteiger partial charge in [0.25, 0.3) is 0 Å². The van der Waals surface area contributed by atoms with E-state index in [2.05, 4.69) is 10.3 Å². The summed E-state index contributed by atoms with van der Waals surface area (Å²) in [5.74, 6) is -1.49. The maximum atomic E-state index is 11.6. The second-order valence-corrected chi connectivity index (χ2v) is 3.57. The van der Waals surface area contributed by atoms with Gasteiger partial charge in [-0.05, 0) is 18.6 Å². The van der Waals surface area contributed by atoms with Crippen molar-refractivity contribution < 1.29 is 14.7 Å². The number of hydrogen-bond donors (Lipinski definition) is 3. The van der Waals surface area contributed by atoms with Crippen LogP contribution in [0.3, 0.4) is 0 Å². The maximum absolute atomic E-state index is 11.6. The van der Waals surface area contributed by atoms with E-state index in [1.165, 1.54) is 18.3 Å². The Kier molecular flexibility index (Phi) is 4.78. The number of amides is 1. The van der Waals surface area contributed by atoms with E-state index in [0.29, 0.717) is 5.69 Å². The van der Waals surface area contributed by atoms with Crippen molar-refractivity contribution in [1.29, 1.82) is 5.26 Å². The lowest BCUT2D eigenvalue weighted by Gasteiger charge is -2.10. The Balaban J connectivity index is 2.53. The first-order chi connectivity index (χ1) is 8.52. The first-order valence-electron chi connectivity index (χ1n) is 5.17. The summed E-state index contributed by atoms with van der Waals surface area (Å²) >= 11 is 0. The molecule has 94 valence electrons. The summed E-state index contributed by atoms with van der Waals surface area (Å²) in [5, 5.41) is 19.5. The van der Waals surface area contributed by atoms with Crippen molar-refractivity contribution in [2.75, 3.05) is 5.32 Å². The average Bonchev–Trinajstić information content (AvgIpc) is 2.36. The molecule has 0 saturated heterocycles. The molecule has 0 aliphatic heterocycles. The van der Waals surface area contributed by atoms with Crippen LogP contribution in [0.25, 0.3) is 0 Å². The first-order valence-corrected chi connectivity index (χ1v) is 5.17. The van der Waals surface area contributed by atoms with Crippen molar-refractivity contribution in [2.24, 2.45) is 5.73 Å². The van der Waals surface area contributed by atoms with Crippen LogP contribution < -0.4 is 11.1 Å². The number of carbonyl (C=O) groups is 2. The molecule has 0 aromatic carbocycles. The van der Waals surface area contributed by atoms with Crippen LogP contribution in [-0.2, 0) is 9.59 Å². The molecule has 0 aliphatic carbocycles. The largest absolute Gasteiger partial charge is 0.481 e. The van der Waals surface area contributed by atoms with Gasteiger partial charge >= 0.3 is 5.97 Å². The highest BCUT2D eigenvalue weighted by Gasteiger charge is 2.15. The molecule has 4 N–H and O–H groups in total. The molecular weight excluding hydrogens is 236 g/mol. The summed E-state index contributed by atoms with van der Waals surface area (Å²) in [6.45, 7) is 0. The van der Waals surface area contributed by atoms with Crippen molar-refractivity contribution in [1.82, 2.24) is 4.98 Å². The number of carboxylic acid groups (broad SMARTS) is 1. The van der Waals surface area contributed by atoms with Gasteiger partial charge in [0.1, 0.15) is 11.8 Å². The second-order valence-electron chi connectivity index (χ2n) is 3.57. The number of nitriles is 1. The molecule has 0 aliphatic rings. The Bertz CT molecular complexity index is 478. The molecule has 1 amide bonds. The number of carboxylic acids is 1. The van der Waals surface area contributed by atoms with Crippen LogP contribution >= 0.6 is 0 Å². The SMILES string of the molecule is N#Cc1ccc(NC(=O)[C@@H](N)CCC(=O)O)cn1. The fraction of sp³-hybridized carbons (Fsp3) is 0.273. The third-order valence-electron chi connectivity index (χ3n) is 2.15. The van der Waals surface area contributed by atoms with Crippen LogP contribution in [-0.4, -0.2) is 28.0 Å². The van der Waals surface area contributed by atoms with Crippen LogP contribution in [0, 0.1) is 11.3 Å². The average molecular weight is 248 g/mol. The molecule has 7 heteroatoms. The van der Waals surface area contributed by atoms with Crippen LogP contribution in [0.2, 0.25) is 0 Å². The summed E-state index contributed by atoms with van der Waals surface area (Å²) in [6.07, 6.45) is 1.23. The zero-order chi connectivity index (χ0) is 13.5. The van der Waals surface area contributed by atoms with Crippen LogP contribution in [0.1, 0.15) is 18.5 Å². The molecule has 1 rings (SSSR count). The predicted octanol–water partition coefficient (Wildman–Crippen LogP) is 0.0839. The standard InChI is InChI=1S/C11H12N4O3/c12-5-7-1-2-8(6-14-7)15-11(18)9(13)3-4-10(16)17/h1-2,6,9H,3-4,13H2,(H,15,18)(H,16,17)/t9-/m0/s1. The number of rotatable bonds is 5. The van der Waals surface area contributed by atoms with Gasteiger partial charge in [-0.15, -0.1) is 0 Å². The molecule has 0 fully saturated rings. The van der Waals surface area contributed by atoms with Gasteiger partial charge in [-0.2, -0.15) is 5.26 Å². The molecule has 1 atom stereocenters. The molecule has 1 aromatic heterocycles. The van der Waals surface area contributed by atoms with E-state index in [0.717, 1.165) is 0 Å². The van der Waals surface area contributed by atoms with Gasteiger partial charge in [-0.1, -0.05) is 0 Å². The maximum Gasteiger partial charge on any atom is 0.303 e. The zero-order valence-electron chi connectivity index (χ0n) is 9.46. The highest BCUT2D eigenvalue weighted by Crippen LogP contribution is 2.07. The molecule has 1 heterocycles. The van der Waals surface area contributed by atoms with E-state index in [4.69, 9.17) is 16.1 Å². The summed E-state index contributed by atoms with van der Waals surface area (Å²) in [4.78, 5) is 25.7. The second kappa shape index (κ2) is 6.32. The number of nitrogens with one attached hydrogen (secondary N) is 1. The van der Waals surface area contributed by atoms with Crippen LogP contribution in [0.5, 0.6) is 0 Å². The lowest BCUT2D eigenvalue weighted by atomic mass is 10.1. The topological polar surface area (TPSA) is 129 Å². The van der Waals surface area contributed by atoms with E-state index in [1.54, 1.807) is 0 Å². The van der Waals surface area contributed by atoms with Crippen LogP contribution in [0.4, 0.5) is 5.69 Å². The molecule has 0 saturated carbocycles. The summed E-state index contributed by atoms with van der Waals surface area (Å²) < 4.78 is 0. The Hall–Kier alpha value is -2.46. The van der Waals surface area contributed by atoms with Crippen molar-refractivity contribution in [3.05, 3.63) is 24.0 Å². The number of anilines is 1.